The Labute approximate surface area is 78.1 Å². The fraction of sp³-hybridized carbons (Fsp3) is 1.00. The number of alkyl halides is 2. The summed E-state index contributed by atoms with van der Waals surface area (Å²) in [5.74, 6) is 0. The highest BCUT2D eigenvalue weighted by Crippen LogP contribution is 2.25. The van der Waals surface area contributed by atoms with Gasteiger partial charge in [-0.15, -0.1) is 0 Å². The van der Waals surface area contributed by atoms with Crippen molar-refractivity contribution in [1.29, 1.82) is 0 Å². The molecule has 1 saturated heterocycles. The van der Waals surface area contributed by atoms with Gasteiger partial charge in [0.05, 0.1) is 5.54 Å². The molecule has 1 heterocycles. The normalized spacial score (nSPS) is 32.1. The lowest BCUT2D eigenvalue weighted by Gasteiger charge is -2.26. The van der Waals surface area contributed by atoms with E-state index in [0.29, 0.717) is 19.4 Å². The van der Waals surface area contributed by atoms with Crippen molar-refractivity contribution in [3.05, 3.63) is 0 Å². The number of nitrogens with two attached hydrogens (primary N) is 1. The molecule has 0 radical (unpaired) electrons. The first-order chi connectivity index (χ1) is 6.08. The first-order valence-corrected chi connectivity index (χ1v) is 4.88. The maximum Gasteiger partial charge on any atom is 0.256 e. The summed E-state index contributed by atoms with van der Waals surface area (Å²) in [5.41, 5.74) is 4.41. The summed E-state index contributed by atoms with van der Waals surface area (Å²) in [5, 5.41) is 0. The van der Waals surface area contributed by atoms with Crippen LogP contribution in [0.1, 0.15) is 26.2 Å². The fourth-order valence-corrected chi connectivity index (χ4v) is 1.77. The molecule has 0 aromatic rings. The van der Waals surface area contributed by atoms with E-state index in [4.69, 9.17) is 5.73 Å². The molecule has 0 amide bonds. The van der Waals surface area contributed by atoms with Crippen molar-refractivity contribution < 1.29 is 8.78 Å². The zero-order valence-electron chi connectivity index (χ0n) is 8.10. The van der Waals surface area contributed by atoms with E-state index in [-0.39, 0.29) is 0 Å². The monoisotopic (exact) mass is 192 g/mol. The Balaban J connectivity index is 2.52. The molecule has 13 heavy (non-hydrogen) atoms. The van der Waals surface area contributed by atoms with Crippen LogP contribution in [-0.4, -0.2) is 36.5 Å². The van der Waals surface area contributed by atoms with E-state index < -0.39 is 12.0 Å². The van der Waals surface area contributed by atoms with Gasteiger partial charge in [-0.1, -0.05) is 6.92 Å². The van der Waals surface area contributed by atoms with Crippen molar-refractivity contribution in [3.63, 3.8) is 0 Å². The van der Waals surface area contributed by atoms with Crippen LogP contribution >= 0.6 is 0 Å². The van der Waals surface area contributed by atoms with Crippen LogP contribution in [0.5, 0.6) is 0 Å². The van der Waals surface area contributed by atoms with Gasteiger partial charge < -0.3 is 10.6 Å². The van der Waals surface area contributed by atoms with Crippen molar-refractivity contribution in [3.8, 4) is 0 Å². The molecule has 0 saturated carbocycles. The van der Waals surface area contributed by atoms with Crippen molar-refractivity contribution >= 4 is 0 Å². The van der Waals surface area contributed by atoms with E-state index in [0.717, 1.165) is 19.5 Å². The summed E-state index contributed by atoms with van der Waals surface area (Å²) in [6, 6.07) is 0. The highest BCUT2D eigenvalue weighted by atomic mass is 19.3. The third-order valence-electron chi connectivity index (χ3n) is 2.89. The first-order valence-electron chi connectivity index (χ1n) is 4.88. The topological polar surface area (TPSA) is 29.3 Å². The minimum Gasteiger partial charge on any atom is -0.320 e. The lowest BCUT2D eigenvalue weighted by atomic mass is 9.92. The molecule has 1 atom stereocenters. The average molecular weight is 192 g/mol. The fourth-order valence-electron chi connectivity index (χ4n) is 1.77. The molecule has 0 bridgehead atoms. The third kappa shape index (κ3) is 2.61. The molecule has 78 valence electrons. The largest absolute Gasteiger partial charge is 0.320 e. The van der Waals surface area contributed by atoms with Gasteiger partial charge in [-0.25, -0.2) is 8.78 Å². The second-order valence-corrected chi connectivity index (χ2v) is 3.82. The summed E-state index contributed by atoms with van der Waals surface area (Å²) in [6.07, 6.45) is -0.738. The smallest absolute Gasteiger partial charge is 0.256 e. The minimum absolute atomic E-state index is 0.415. The van der Waals surface area contributed by atoms with E-state index in [9.17, 15) is 8.78 Å². The lowest BCUT2D eigenvalue weighted by Crippen LogP contribution is -2.47. The molecule has 1 fully saturated rings. The summed E-state index contributed by atoms with van der Waals surface area (Å²) in [4.78, 5) is 2.18. The Morgan fingerprint density at radius 1 is 1.38 bits per heavy atom. The van der Waals surface area contributed by atoms with Crippen LogP contribution in [0.3, 0.4) is 0 Å². The van der Waals surface area contributed by atoms with E-state index >= 15 is 0 Å². The maximum absolute atomic E-state index is 12.6. The minimum atomic E-state index is -2.38. The quantitative estimate of drug-likeness (QED) is 0.717. The number of halogens is 2. The second-order valence-electron chi connectivity index (χ2n) is 3.82. The summed E-state index contributed by atoms with van der Waals surface area (Å²) < 4.78 is 25.1. The van der Waals surface area contributed by atoms with E-state index in [1.54, 1.807) is 0 Å². The van der Waals surface area contributed by atoms with Crippen molar-refractivity contribution in [1.82, 2.24) is 4.90 Å². The van der Waals surface area contributed by atoms with Crippen LogP contribution < -0.4 is 5.73 Å². The standard InChI is InChI=1S/C9H18F2N2/c1-2-13-6-3-4-9(12,5-7-13)8(10)11/h8H,2-7,12H2,1H3. The number of likely N-dealkylation sites (tertiary alicyclic amines) is 1. The van der Waals surface area contributed by atoms with Gasteiger partial charge in [0, 0.05) is 6.54 Å². The van der Waals surface area contributed by atoms with Gasteiger partial charge in [-0.05, 0) is 32.4 Å². The van der Waals surface area contributed by atoms with Crippen LogP contribution in [0.2, 0.25) is 0 Å². The Kier molecular flexibility index (Phi) is 3.62. The summed E-state index contributed by atoms with van der Waals surface area (Å²) >= 11 is 0. The summed E-state index contributed by atoms with van der Waals surface area (Å²) in [7, 11) is 0. The van der Waals surface area contributed by atoms with Crippen LogP contribution in [0, 0.1) is 0 Å². The van der Waals surface area contributed by atoms with Crippen LogP contribution in [-0.2, 0) is 0 Å². The molecule has 2 N–H and O–H groups in total. The molecular formula is C9H18F2N2. The zero-order chi connectivity index (χ0) is 9.90. The molecular weight excluding hydrogens is 174 g/mol. The third-order valence-corrected chi connectivity index (χ3v) is 2.89. The van der Waals surface area contributed by atoms with Crippen molar-refractivity contribution in [2.24, 2.45) is 5.73 Å². The van der Waals surface area contributed by atoms with Crippen molar-refractivity contribution in [2.45, 2.75) is 38.2 Å². The molecule has 1 aliphatic rings. The van der Waals surface area contributed by atoms with Gasteiger partial charge in [0.15, 0.2) is 0 Å². The van der Waals surface area contributed by atoms with Crippen LogP contribution in [0.4, 0.5) is 8.78 Å². The molecule has 4 heteroatoms. The Bertz CT molecular complexity index is 164. The SMILES string of the molecule is CCN1CCCC(N)(C(F)F)CC1. The summed E-state index contributed by atoms with van der Waals surface area (Å²) in [6.45, 7) is 4.59. The Morgan fingerprint density at radius 3 is 2.62 bits per heavy atom. The molecule has 2 nitrogen and oxygen atoms in total. The van der Waals surface area contributed by atoms with E-state index in [1.807, 2.05) is 6.92 Å². The zero-order valence-corrected chi connectivity index (χ0v) is 8.10. The number of hydrogen-bond acceptors (Lipinski definition) is 2. The Hall–Kier alpha value is -0.220. The van der Waals surface area contributed by atoms with Crippen molar-refractivity contribution in [2.75, 3.05) is 19.6 Å². The lowest BCUT2D eigenvalue weighted by molar-refractivity contribution is 0.0447. The number of nitrogens with zero attached hydrogens (tertiary/aromatic N) is 1. The van der Waals surface area contributed by atoms with Gasteiger partial charge in [0.25, 0.3) is 6.43 Å². The molecule has 0 aliphatic carbocycles. The molecule has 0 aromatic carbocycles. The maximum atomic E-state index is 12.6. The Morgan fingerprint density at radius 2 is 2.08 bits per heavy atom. The number of hydrogen-bond donors (Lipinski definition) is 1. The van der Waals surface area contributed by atoms with Gasteiger partial charge in [0.2, 0.25) is 0 Å². The molecule has 1 unspecified atom stereocenters. The predicted molar refractivity (Wildman–Crippen MR) is 48.9 cm³/mol. The molecule has 1 rings (SSSR count). The highest BCUT2D eigenvalue weighted by molar-refractivity contribution is 4.90. The highest BCUT2D eigenvalue weighted by Gasteiger charge is 2.36. The number of rotatable bonds is 2. The van der Waals surface area contributed by atoms with Gasteiger partial charge in [0.1, 0.15) is 0 Å². The second kappa shape index (κ2) is 4.33. The average Bonchev–Trinajstić information content (AvgIpc) is 2.28. The van der Waals surface area contributed by atoms with E-state index in [1.165, 1.54) is 0 Å². The van der Waals surface area contributed by atoms with Crippen LogP contribution in [0.15, 0.2) is 0 Å². The molecule has 0 spiro atoms. The first kappa shape index (κ1) is 10.9. The molecule has 0 aromatic heterocycles. The van der Waals surface area contributed by atoms with Crippen LogP contribution in [0.25, 0.3) is 0 Å². The van der Waals surface area contributed by atoms with Gasteiger partial charge in [-0.2, -0.15) is 0 Å². The van der Waals surface area contributed by atoms with E-state index in [2.05, 4.69) is 4.90 Å². The van der Waals surface area contributed by atoms with Gasteiger partial charge >= 0.3 is 0 Å². The van der Waals surface area contributed by atoms with Gasteiger partial charge in [-0.3, -0.25) is 0 Å². The molecule has 1 aliphatic heterocycles. The predicted octanol–water partition coefficient (Wildman–Crippen LogP) is 1.45.